The van der Waals surface area contributed by atoms with Crippen molar-refractivity contribution in [2.75, 3.05) is 25.0 Å². The molecule has 1 saturated carbocycles. The molecule has 3 unspecified atom stereocenters. The van der Waals surface area contributed by atoms with Gasteiger partial charge in [0.2, 0.25) is 15.9 Å². The van der Waals surface area contributed by atoms with E-state index in [1.807, 2.05) is 0 Å². The molecule has 1 aromatic rings. The van der Waals surface area contributed by atoms with Gasteiger partial charge in [0.1, 0.15) is 6.17 Å². The highest BCUT2D eigenvalue weighted by molar-refractivity contribution is 7.89. The number of amides is 1. The number of fused-ring (bicyclic) bond motifs is 1. The largest absolute Gasteiger partial charge is 0.368 e. The molecule has 5 rings (SSSR count). The number of nitrogens with one attached hydrogen (secondary N) is 3. The van der Waals surface area contributed by atoms with E-state index >= 15 is 0 Å². The zero-order chi connectivity index (χ0) is 22.3. The Balaban J connectivity index is 1.37. The molecule has 0 aromatic heterocycles. The van der Waals surface area contributed by atoms with E-state index in [4.69, 9.17) is 0 Å². The van der Waals surface area contributed by atoms with Crippen LogP contribution < -0.4 is 16.1 Å². The fourth-order valence-corrected chi connectivity index (χ4v) is 7.19. The Labute approximate surface area is 189 Å². The minimum absolute atomic E-state index is 0.0100. The van der Waals surface area contributed by atoms with Crippen LogP contribution in [0.25, 0.3) is 0 Å². The monoisotopic (exact) mass is 458 g/mol. The highest BCUT2D eigenvalue weighted by Gasteiger charge is 2.54. The van der Waals surface area contributed by atoms with E-state index in [1.54, 1.807) is 24.3 Å². The maximum atomic E-state index is 12.8. The van der Waals surface area contributed by atoms with Crippen LogP contribution in [0.1, 0.15) is 44.9 Å². The van der Waals surface area contributed by atoms with Crippen molar-refractivity contribution in [2.24, 2.45) is 5.92 Å². The lowest BCUT2D eigenvalue weighted by atomic mass is 9.86. The molecule has 172 valence electrons. The topological polar surface area (TPSA) is 118 Å². The molecule has 0 spiro atoms. The second-order valence-electron chi connectivity index (χ2n) is 9.34. The molecule has 4 aliphatic rings. The van der Waals surface area contributed by atoms with Crippen LogP contribution in [0.15, 0.2) is 29.2 Å². The molecule has 9 nitrogen and oxygen atoms in total. The van der Waals surface area contributed by atoms with Crippen LogP contribution in [0.5, 0.6) is 0 Å². The van der Waals surface area contributed by atoms with Crippen LogP contribution in [0.4, 0.5) is 5.69 Å². The molecule has 10 heteroatoms. The number of hydrazine groups is 1. The van der Waals surface area contributed by atoms with Crippen molar-refractivity contribution in [2.45, 2.75) is 67.6 Å². The van der Waals surface area contributed by atoms with Crippen molar-refractivity contribution in [3.8, 4) is 6.07 Å². The summed E-state index contributed by atoms with van der Waals surface area (Å²) in [7, 11) is -3.42. The molecule has 3 atom stereocenters. The van der Waals surface area contributed by atoms with Crippen LogP contribution in [0.2, 0.25) is 0 Å². The Hall–Kier alpha value is -2.19. The molecule has 1 amide bonds. The van der Waals surface area contributed by atoms with Gasteiger partial charge in [0.25, 0.3) is 0 Å². The standard InChI is InChI=1S/C22H30N6O3S/c23-12-11-22(9-1-2-10-22)28-18-8-13-24-21(29)19(18)20(26-28)25-16-4-6-17(7-5-16)32(30,31)27-14-3-15-27/h4-7,18-20,25-26H,1-3,8-11,13-15H2,(H,24,29). The Morgan fingerprint density at radius 2 is 1.88 bits per heavy atom. The van der Waals surface area contributed by atoms with E-state index in [0.717, 1.165) is 44.2 Å². The second kappa shape index (κ2) is 8.30. The number of nitrogens with zero attached hydrogens (tertiary/aromatic N) is 3. The van der Waals surface area contributed by atoms with Gasteiger partial charge in [-0.05, 0) is 49.9 Å². The molecule has 3 N–H and O–H groups in total. The molecule has 32 heavy (non-hydrogen) atoms. The lowest BCUT2D eigenvalue weighted by Gasteiger charge is -2.42. The third kappa shape index (κ3) is 3.57. The third-order valence-electron chi connectivity index (χ3n) is 7.51. The second-order valence-corrected chi connectivity index (χ2v) is 11.3. The zero-order valence-electron chi connectivity index (χ0n) is 18.1. The number of sulfonamides is 1. The van der Waals surface area contributed by atoms with Crippen molar-refractivity contribution in [1.82, 2.24) is 20.1 Å². The fourth-order valence-electron chi connectivity index (χ4n) is 5.68. The average molecular weight is 459 g/mol. The van der Waals surface area contributed by atoms with E-state index in [1.165, 1.54) is 4.31 Å². The molecular weight excluding hydrogens is 428 g/mol. The van der Waals surface area contributed by atoms with Gasteiger partial charge in [-0.25, -0.2) is 18.9 Å². The first-order valence-corrected chi connectivity index (χ1v) is 13.0. The van der Waals surface area contributed by atoms with Crippen molar-refractivity contribution in [3.05, 3.63) is 24.3 Å². The van der Waals surface area contributed by atoms with Gasteiger partial charge < -0.3 is 10.6 Å². The van der Waals surface area contributed by atoms with Crippen LogP contribution >= 0.6 is 0 Å². The summed E-state index contributed by atoms with van der Waals surface area (Å²) in [5, 5.41) is 18.1. The summed E-state index contributed by atoms with van der Waals surface area (Å²) in [5.41, 5.74) is 4.06. The van der Waals surface area contributed by atoms with Gasteiger partial charge >= 0.3 is 0 Å². The number of hydrogen-bond acceptors (Lipinski definition) is 7. The molecule has 0 bridgehead atoms. The Bertz CT molecular complexity index is 1010. The quantitative estimate of drug-likeness (QED) is 0.589. The lowest BCUT2D eigenvalue weighted by Crippen LogP contribution is -2.57. The van der Waals surface area contributed by atoms with Crippen LogP contribution in [0, 0.1) is 17.2 Å². The zero-order valence-corrected chi connectivity index (χ0v) is 18.9. The first-order chi connectivity index (χ1) is 15.4. The van der Waals surface area contributed by atoms with E-state index < -0.39 is 10.0 Å². The van der Waals surface area contributed by atoms with E-state index in [2.05, 4.69) is 27.1 Å². The molecule has 3 saturated heterocycles. The highest BCUT2D eigenvalue weighted by atomic mass is 32.2. The third-order valence-corrected chi connectivity index (χ3v) is 9.42. The van der Waals surface area contributed by atoms with Gasteiger partial charge in [-0.3, -0.25) is 4.79 Å². The molecule has 3 aliphatic heterocycles. The van der Waals surface area contributed by atoms with Gasteiger partial charge in [0.15, 0.2) is 0 Å². The number of hydrogen-bond donors (Lipinski definition) is 3. The SMILES string of the molecule is N#CCC1(N2NC(Nc3ccc(S(=O)(=O)N4CCC4)cc3)C3C(=O)NCCC32)CCCC1. The molecule has 1 aliphatic carbocycles. The van der Waals surface area contributed by atoms with Gasteiger partial charge in [0, 0.05) is 36.9 Å². The lowest BCUT2D eigenvalue weighted by molar-refractivity contribution is -0.128. The number of benzene rings is 1. The number of carbonyl (C=O) groups excluding carboxylic acids is 1. The summed E-state index contributed by atoms with van der Waals surface area (Å²) in [6, 6.07) is 9.16. The Morgan fingerprint density at radius 1 is 1.16 bits per heavy atom. The average Bonchev–Trinajstić information content (AvgIpc) is 3.34. The summed E-state index contributed by atoms with van der Waals surface area (Å²) < 4.78 is 26.7. The number of anilines is 1. The molecule has 1 aromatic carbocycles. The number of rotatable bonds is 6. The summed E-state index contributed by atoms with van der Waals surface area (Å²) in [6.07, 6.45) is 5.95. The molecule has 4 fully saturated rings. The molecule has 0 radical (unpaired) electrons. The Kier molecular flexibility index (Phi) is 5.61. The first kappa shape index (κ1) is 21.6. The summed E-state index contributed by atoms with van der Waals surface area (Å²) >= 11 is 0. The highest BCUT2D eigenvalue weighted by Crippen LogP contribution is 2.43. The van der Waals surface area contributed by atoms with Crippen molar-refractivity contribution in [3.63, 3.8) is 0 Å². The fraction of sp³-hybridized carbons (Fsp3) is 0.636. The van der Waals surface area contributed by atoms with Gasteiger partial charge in [-0.2, -0.15) is 9.57 Å². The number of piperidine rings is 1. The summed E-state index contributed by atoms with van der Waals surface area (Å²) in [6.45, 7) is 1.79. The normalized spacial score (nSPS) is 30.2. The van der Waals surface area contributed by atoms with E-state index in [0.29, 0.717) is 26.1 Å². The van der Waals surface area contributed by atoms with Gasteiger partial charge in [0.05, 0.1) is 23.3 Å². The summed E-state index contributed by atoms with van der Waals surface area (Å²) in [5.74, 6) is -0.278. The smallest absolute Gasteiger partial charge is 0.243 e. The van der Waals surface area contributed by atoms with E-state index in [-0.39, 0.29) is 34.5 Å². The first-order valence-electron chi connectivity index (χ1n) is 11.5. The van der Waals surface area contributed by atoms with Gasteiger partial charge in [-0.1, -0.05) is 12.8 Å². The number of carbonyl (C=O) groups is 1. The maximum Gasteiger partial charge on any atom is 0.243 e. The molecule has 3 heterocycles. The minimum Gasteiger partial charge on any atom is -0.368 e. The van der Waals surface area contributed by atoms with Gasteiger partial charge in [-0.15, -0.1) is 0 Å². The van der Waals surface area contributed by atoms with Crippen LogP contribution in [-0.2, 0) is 14.8 Å². The maximum absolute atomic E-state index is 12.8. The number of nitriles is 1. The van der Waals surface area contributed by atoms with Crippen LogP contribution in [-0.4, -0.2) is 61.0 Å². The molecular formula is C22H30N6O3S. The Morgan fingerprint density at radius 3 is 2.50 bits per heavy atom. The van der Waals surface area contributed by atoms with Crippen LogP contribution in [0.3, 0.4) is 0 Å². The van der Waals surface area contributed by atoms with Crippen molar-refractivity contribution in [1.29, 1.82) is 5.26 Å². The predicted molar refractivity (Wildman–Crippen MR) is 119 cm³/mol. The van der Waals surface area contributed by atoms with E-state index in [9.17, 15) is 18.5 Å². The summed E-state index contributed by atoms with van der Waals surface area (Å²) in [4.78, 5) is 13.1. The predicted octanol–water partition coefficient (Wildman–Crippen LogP) is 1.37. The van der Waals surface area contributed by atoms with Crippen molar-refractivity contribution >= 4 is 21.6 Å². The van der Waals surface area contributed by atoms with Crippen molar-refractivity contribution < 1.29 is 13.2 Å². The minimum atomic E-state index is -3.42.